The quantitative estimate of drug-likeness (QED) is 0.653. The SMILES string of the molecule is CC(C)SCCNC(C1CC1)C1CC1. The molecule has 2 heteroatoms. The van der Waals surface area contributed by atoms with E-state index in [4.69, 9.17) is 0 Å². The molecule has 1 nitrogen and oxygen atoms in total. The van der Waals surface area contributed by atoms with E-state index < -0.39 is 0 Å². The first kappa shape index (κ1) is 10.8. The predicted octanol–water partition coefficient (Wildman–Crippen LogP) is 2.91. The Balaban J connectivity index is 1.57. The van der Waals surface area contributed by atoms with Crippen LogP contribution in [0.3, 0.4) is 0 Å². The molecule has 2 fully saturated rings. The van der Waals surface area contributed by atoms with E-state index in [0.717, 1.165) is 23.1 Å². The first-order valence-corrected chi connectivity index (χ1v) is 7.17. The molecule has 0 aliphatic heterocycles. The molecule has 0 atom stereocenters. The number of nitrogens with one attached hydrogen (secondary N) is 1. The van der Waals surface area contributed by atoms with E-state index in [0.29, 0.717) is 0 Å². The molecule has 0 bridgehead atoms. The van der Waals surface area contributed by atoms with Crippen molar-refractivity contribution in [1.29, 1.82) is 0 Å². The molecule has 2 aliphatic carbocycles. The second kappa shape index (κ2) is 4.89. The van der Waals surface area contributed by atoms with Gasteiger partial charge in [-0.3, -0.25) is 0 Å². The molecule has 0 aromatic rings. The van der Waals surface area contributed by atoms with Gasteiger partial charge in [-0.1, -0.05) is 13.8 Å². The molecule has 0 aromatic carbocycles. The molecule has 0 amide bonds. The maximum atomic E-state index is 3.78. The third-order valence-corrected chi connectivity index (χ3v) is 4.30. The van der Waals surface area contributed by atoms with Crippen LogP contribution in [0.1, 0.15) is 39.5 Å². The highest BCUT2D eigenvalue weighted by molar-refractivity contribution is 7.99. The molecule has 1 N–H and O–H groups in total. The van der Waals surface area contributed by atoms with Gasteiger partial charge in [0.25, 0.3) is 0 Å². The molecule has 2 aliphatic rings. The minimum Gasteiger partial charge on any atom is -0.313 e. The number of hydrogen-bond acceptors (Lipinski definition) is 2. The molecule has 14 heavy (non-hydrogen) atoms. The first-order chi connectivity index (χ1) is 6.77. The van der Waals surface area contributed by atoms with Crippen molar-refractivity contribution in [1.82, 2.24) is 5.32 Å². The molecular formula is C12H23NS. The third-order valence-electron chi connectivity index (χ3n) is 3.19. The van der Waals surface area contributed by atoms with Gasteiger partial charge < -0.3 is 5.32 Å². The largest absolute Gasteiger partial charge is 0.313 e. The Hall–Kier alpha value is 0.310. The van der Waals surface area contributed by atoms with Gasteiger partial charge in [0.05, 0.1) is 0 Å². The molecule has 82 valence electrons. The Morgan fingerprint density at radius 3 is 2.14 bits per heavy atom. The highest BCUT2D eigenvalue weighted by atomic mass is 32.2. The standard InChI is InChI=1S/C12H23NS/c1-9(2)14-8-7-13-12(10-3-4-10)11-5-6-11/h9-13H,3-8H2,1-2H3. The number of hydrogen-bond donors (Lipinski definition) is 1. The van der Waals surface area contributed by atoms with Crippen LogP contribution >= 0.6 is 11.8 Å². The highest BCUT2D eigenvalue weighted by Crippen LogP contribution is 2.44. The average Bonchev–Trinajstić information content (AvgIpc) is 2.99. The monoisotopic (exact) mass is 213 g/mol. The molecule has 0 radical (unpaired) electrons. The third kappa shape index (κ3) is 3.47. The highest BCUT2D eigenvalue weighted by Gasteiger charge is 2.40. The second-order valence-corrected chi connectivity index (χ2v) is 6.76. The van der Waals surface area contributed by atoms with Crippen LogP contribution in [0.25, 0.3) is 0 Å². The van der Waals surface area contributed by atoms with Crippen LogP contribution in [0.4, 0.5) is 0 Å². The van der Waals surface area contributed by atoms with Crippen molar-refractivity contribution in [3.63, 3.8) is 0 Å². The fourth-order valence-corrected chi connectivity index (χ4v) is 2.86. The summed E-state index contributed by atoms with van der Waals surface area (Å²) >= 11 is 2.07. The molecule has 0 aromatic heterocycles. The molecule has 0 heterocycles. The number of thioether (sulfide) groups is 1. The molecule has 0 unspecified atom stereocenters. The molecule has 0 saturated heterocycles. The van der Waals surface area contributed by atoms with E-state index in [1.807, 2.05) is 0 Å². The summed E-state index contributed by atoms with van der Waals surface area (Å²) in [4.78, 5) is 0. The zero-order valence-corrected chi connectivity index (χ0v) is 10.3. The van der Waals surface area contributed by atoms with Gasteiger partial charge in [0.15, 0.2) is 0 Å². The normalized spacial score (nSPS) is 22.3. The fraction of sp³-hybridized carbons (Fsp3) is 1.00. The van der Waals surface area contributed by atoms with Crippen LogP contribution in [0.5, 0.6) is 0 Å². The minimum absolute atomic E-state index is 0.789. The van der Waals surface area contributed by atoms with Crippen molar-refractivity contribution in [2.24, 2.45) is 11.8 Å². The van der Waals surface area contributed by atoms with Crippen molar-refractivity contribution >= 4 is 11.8 Å². The summed E-state index contributed by atoms with van der Waals surface area (Å²) in [6.07, 6.45) is 5.97. The van der Waals surface area contributed by atoms with Gasteiger partial charge >= 0.3 is 0 Å². The van der Waals surface area contributed by atoms with Crippen molar-refractivity contribution in [2.45, 2.75) is 50.8 Å². The summed E-state index contributed by atoms with van der Waals surface area (Å²) in [7, 11) is 0. The minimum atomic E-state index is 0.789. The van der Waals surface area contributed by atoms with Gasteiger partial charge in [-0.25, -0.2) is 0 Å². The Bertz CT molecular complexity index is 161. The molecule has 2 saturated carbocycles. The predicted molar refractivity (Wildman–Crippen MR) is 64.8 cm³/mol. The summed E-state index contributed by atoms with van der Waals surface area (Å²) in [6, 6.07) is 0.891. The van der Waals surface area contributed by atoms with Gasteiger partial charge in [-0.05, 0) is 42.8 Å². The lowest BCUT2D eigenvalue weighted by atomic mass is 10.1. The maximum absolute atomic E-state index is 3.78. The van der Waals surface area contributed by atoms with Gasteiger partial charge in [0, 0.05) is 18.3 Å². The van der Waals surface area contributed by atoms with E-state index in [9.17, 15) is 0 Å². The van der Waals surface area contributed by atoms with Gasteiger partial charge in [-0.2, -0.15) is 11.8 Å². The smallest absolute Gasteiger partial charge is 0.0124 e. The topological polar surface area (TPSA) is 12.0 Å². The van der Waals surface area contributed by atoms with Gasteiger partial charge in [0.2, 0.25) is 0 Å². The van der Waals surface area contributed by atoms with E-state index >= 15 is 0 Å². The van der Waals surface area contributed by atoms with Gasteiger partial charge in [-0.15, -0.1) is 0 Å². The Labute approximate surface area is 92.4 Å². The maximum Gasteiger partial charge on any atom is 0.0124 e. The Morgan fingerprint density at radius 1 is 1.14 bits per heavy atom. The van der Waals surface area contributed by atoms with Crippen LogP contribution in [-0.2, 0) is 0 Å². The fourth-order valence-electron chi connectivity index (χ4n) is 2.15. The molecule has 2 rings (SSSR count). The summed E-state index contributed by atoms with van der Waals surface area (Å²) in [6.45, 7) is 5.79. The average molecular weight is 213 g/mol. The summed E-state index contributed by atoms with van der Waals surface area (Å²) in [5, 5.41) is 4.57. The van der Waals surface area contributed by atoms with Crippen LogP contribution < -0.4 is 5.32 Å². The van der Waals surface area contributed by atoms with E-state index in [-0.39, 0.29) is 0 Å². The van der Waals surface area contributed by atoms with Crippen molar-refractivity contribution in [3.05, 3.63) is 0 Å². The van der Waals surface area contributed by atoms with Gasteiger partial charge in [0.1, 0.15) is 0 Å². The van der Waals surface area contributed by atoms with Crippen LogP contribution in [0.15, 0.2) is 0 Å². The van der Waals surface area contributed by atoms with E-state index in [1.165, 1.54) is 38.0 Å². The lowest BCUT2D eigenvalue weighted by Crippen LogP contribution is -2.34. The van der Waals surface area contributed by atoms with Crippen molar-refractivity contribution < 1.29 is 0 Å². The zero-order valence-electron chi connectivity index (χ0n) is 9.46. The molecule has 0 spiro atoms. The summed E-state index contributed by atoms with van der Waals surface area (Å²) < 4.78 is 0. The van der Waals surface area contributed by atoms with E-state index in [1.54, 1.807) is 0 Å². The summed E-state index contributed by atoms with van der Waals surface area (Å²) in [5.41, 5.74) is 0. The first-order valence-electron chi connectivity index (χ1n) is 6.12. The van der Waals surface area contributed by atoms with Crippen molar-refractivity contribution in [3.8, 4) is 0 Å². The second-order valence-electron chi connectivity index (χ2n) is 5.07. The lowest BCUT2D eigenvalue weighted by Gasteiger charge is -2.17. The Kier molecular flexibility index (Phi) is 3.78. The Morgan fingerprint density at radius 2 is 1.71 bits per heavy atom. The van der Waals surface area contributed by atoms with Crippen LogP contribution in [0, 0.1) is 11.8 Å². The summed E-state index contributed by atoms with van der Waals surface area (Å²) in [5.74, 6) is 3.38. The van der Waals surface area contributed by atoms with Crippen molar-refractivity contribution in [2.75, 3.05) is 12.3 Å². The zero-order chi connectivity index (χ0) is 9.97. The molecular weight excluding hydrogens is 190 g/mol. The lowest BCUT2D eigenvalue weighted by molar-refractivity contribution is 0.429. The van der Waals surface area contributed by atoms with Crippen LogP contribution in [0.2, 0.25) is 0 Å². The number of rotatable bonds is 7. The van der Waals surface area contributed by atoms with Crippen LogP contribution in [-0.4, -0.2) is 23.6 Å². The van der Waals surface area contributed by atoms with E-state index in [2.05, 4.69) is 30.9 Å².